The Morgan fingerprint density at radius 1 is 1.23 bits per heavy atom. The molecule has 0 heterocycles. The zero-order valence-electron chi connectivity index (χ0n) is 12.7. The van der Waals surface area contributed by atoms with Gasteiger partial charge >= 0.3 is 0 Å². The molecule has 0 N–H and O–H groups in total. The van der Waals surface area contributed by atoms with Crippen molar-refractivity contribution in [1.82, 2.24) is 0 Å². The van der Waals surface area contributed by atoms with Crippen LogP contribution in [0.3, 0.4) is 0 Å². The van der Waals surface area contributed by atoms with Crippen LogP contribution in [0.4, 0.5) is 4.39 Å². The van der Waals surface area contributed by atoms with E-state index in [1.165, 1.54) is 12.1 Å². The van der Waals surface area contributed by atoms with Crippen LogP contribution >= 0.6 is 0 Å². The lowest BCUT2D eigenvalue weighted by Gasteiger charge is -2.08. The quantitative estimate of drug-likeness (QED) is 0.579. The van der Waals surface area contributed by atoms with Gasteiger partial charge in [-0.2, -0.15) is 5.26 Å². The van der Waals surface area contributed by atoms with Crippen molar-refractivity contribution in [1.29, 1.82) is 5.26 Å². The maximum atomic E-state index is 13.3. The minimum atomic E-state index is -0.351. The maximum Gasteiger partial charge on any atom is 0.123 e. The van der Waals surface area contributed by atoms with E-state index >= 15 is 0 Å². The zero-order valence-corrected chi connectivity index (χ0v) is 12.7. The van der Waals surface area contributed by atoms with Crippen LogP contribution in [-0.4, -0.2) is 6.61 Å². The SMILES string of the molecule is CC(C)COc1ccc(C=C(C#N)c2cccc(F)c2)cc1. The molecule has 2 nitrogen and oxygen atoms in total. The topological polar surface area (TPSA) is 33.0 Å². The van der Waals surface area contributed by atoms with E-state index in [-0.39, 0.29) is 5.82 Å². The summed E-state index contributed by atoms with van der Waals surface area (Å²) in [6.45, 7) is 4.85. The summed E-state index contributed by atoms with van der Waals surface area (Å²) >= 11 is 0. The summed E-state index contributed by atoms with van der Waals surface area (Å²) in [5.41, 5.74) is 1.87. The molecule has 0 unspecified atom stereocenters. The molecule has 3 heteroatoms. The van der Waals surface area contributed by atoms with Crippen molar-refractivity contribution in [2.24, 2.45) is 5.92 Å². The van der Waals surface area contributed by atoms with Crippen molar-refractivity contribution in [3.05, 3.63) is 65.5 Å². The van der Waals surface area contributed by atoms with E-state index in [2.05, 4.69) is 19.9 Å². The molecular weight excluding hydrogens is 277 g/mol. The highest BCUT2D eigenvalue weighted by Crippen LogP contribution is 2.20. The van der Waals surface area contributed by atoms with Crippen molar-refractivity contribution < 1.29 is 9.13 Å². The van der Waals surface area contributed by atoms with E-state index in [1.54, 1.807) is 18.2 Å². The van der Waals surface area contributed by atoms with Crippen LogP contribution in [0.1, 0.15) is 25.0 Å². The van der Waals surface area contributed by atoms with Gasteiger partial charge < -0.3 is 4.74 Å². The van der Waals surface area contributed by atoms with E-state index in [1.807, 2.05) is 24.3 Å². The molecule has 0 radical (unpaired) electrons. The van der Waals surface area contributed by atoms with Gasteiger partial charge in [0.1, 0.15) is 11.6 Å². The standard InChI is InChI=1S/C19H18FNO/c1-14(2)13-22-19-8-6-15(7-9-19)10-17(12-21)16-4-3-5-18(20)11-16/h3-11,14H,13H2,1-2H3. The fraction of sp³-hybridized carbons (Fsp3) is 0.211. The first-order valence-electron chi connectivity index (χ1n) is 7.19. The lowest BCUT2D eigenvalue weighted by atomic mass is 10.0. The number of halogens is 1. The van der Waals surface area contributed by atoms with E-state index in [0.717, 1.165) is 11.3 Å². The van der Waals surface area contributed by atoms with Gasteiger partial charge in [-0.15, -0.1) is 0 Å². The van der Waals surface area contributed by atoms with Crippen LogP contribution < -0.4 is 4.74 Å². The normalized spacial score (nSPS) is 11.3. The van der Waals surface area contributed by atoms with Crippen LogP contribution in [-0.2, 0) is 0 Å². The highest BCUT2D eigenvalue weighted by Gasteiger charge is 2.03. The van der Waals surface area contributed by atoms with Gasteiger partial charge in [-0.05, 0) is 47.4 Å². The Kier molecular flexibility index (Phi) is 5.32. The Hall–Kier alpha value is -2.60. The summed E-state index contributed by atoms with van der Waals surface area (Å²) in [4.78, 5) is 0. The van der Waals surface area contributed by atoms with Gasteiger partial charge in [-0.3, -0.25) is 0 Å². The summed E-state index contributed by atoms with van der Waals surface area (Å²) in [5, 5.41) is 9.27. The molecule has 2 aromatic carbocycles. The van der Waals surface area contributed by atoms with Crippen LogP contribution in [0.15, 0.2) is 48.5 Å². The molecule has 2 aromatic rings. The Morgan fingerprint density at radius 3 is 2.55 bits per heavy atom. The summed E-state index contributed by atoms with van der Waals surface area (Å²) in [6.07, 6.45) is 1.74. The fourth-order valence-corrected chi connectivity index (χ4v) is 1.93. The number of hydrogen-bond acceptors (Lipinski definition) is 2. The minimum Gasteiger partial charge on any atom is -0.493 e. The van der Waals surface area contributed by atoms with Crippen LogP contribution in [0.25, 0.3) is 11.6 Å². The smallest absolute Gasteiger partial charge is 0.123 e. The molecule has 0 saturated carbocycles. The van der Waals surface area contributed by atoms with Crippen LogP contribution in [0, 0.1) is 23.1 Å². The lowest BCUT2D eigenvalue weighted by Crippen LogP contribution is -2.04. The highest BCUT2D eigenvalue weighted by molar-refractivity contribution is 5.89. The van der Waals surface area contributed by atoms with Crippen molar-refractivity contribution in [2.45, 2.75) is 13.8 Å². The monoisotopic (exact) mass is 295 g/mol. The molecule has 112 valence electrons. The van der Waals surface area contributed by atoms with Gasteiger partial charge in [0.05, 0.1) is 18.2 Å². The van der Waals surface area contributed by atoms with Crippen LogP contribution in [0.2, 0.25) is 0 Å². The van der Waals surface area contributed by atoms with Gasteiger partial charge in [0.15, 0.2) is 0 Å². The molecule has 0 saturated heterocycles. The summed E-state index contributed by atoms with van der Waals surface area (Å²) in [6, 6.07) is 15.6. The summed E-state index contributed by atoms with van der Waals surface area (Å²) < 4.78 is 18.9. The number of ether oxygens (including phenoxy) is 1. The second kappa shape index (κ2) is 7.42. The Labute approximate surface area is 130 Å². The zero-order chi connectivity index (χ0) is 15.9. The average Bonchev–Trinajstić information content (AvgIpc) is 2.51. The Bertz CT molecular complexity index is 696. The van der Waals surface area contributed by atoms with Crippen molar-refractivity contribution >= 4 is 11.6 Å². The van der Waals surface area contributed by atoms with Crippen molar-refractivity contribution in [3.63, 3.8) is 0 Å². The molecule has 0 spiro atoms. The highest BCUT2D eigenvalue weighted by atomic mass is 19.1. The first-order chi connectivity index (χ1) is 10.6. The number of allylic oxidation sites excluding steroid dienone is 1. The number of rotatable bonds is 5. The first kappa shape index (κ1) is 15.8. The van der Waals surface area contributed by atoms with Crippen molar-refractivity contribution in [2.75, 3.05) is 6.61 Å². The number of nitriles is 1. The molecule has 0 fully saturated rings. The summed E-state index contributed by atoms with van der Waals surface area (Å²) in [5.74, 6) is 0.920. The number of benzene rings is 2. The van der Waals surface area contributed by atoms with Gasteiger partial charge in [0.25, 0.3) is 0 Å². The minimum absolute atomic E-state index is 0.351. The molecule has 0 atom stereocenters. The third-order valence-electron chi connectivity index (χ3n) is 3.03. The second-order valence-corrected chi connectivity index (χ2v) is 5.45. The molecule has 0 bridgehead atoms. The lowest BCUT2D eigenvalue weighted by molar-refractivity contribution is 0.271. The fourth-order valence-electron chi connectivity index (χ4n) is 1.93. The predicted molar refractivity (Wildman–Crippen MR) is 86.7 cm³/mol. The molecular formula is C19H18FNO. The third kappa shape index (κ3) is 4.46. The maximum absolute atomic E-state index is 13.3. The van der Waals surface area contributed by atoms with E-state index in [4.69, 9.17) is 4.74 Å². The molecule has 0 aromatic heterocycles. The third-order valence-corrected chi connectivity index (χ3v) is 3.03. The largest absolute Gasteiger partial charge is 0.493 e. The Morgan fingerprint density at radius 2 is 1.95 bits per heavy atom. The molecule has 2 rings (SSSR count). The second-order valence-electron chi connectivity index (χ2n) is 5.45. The van der Waals surface area contributed by atoms with Gasteiger partial charge in [-0.25, -0.2) is 4.39 Å². The first-order valence-corrected chi connectivity index (χ1v) is 7.19. The molecule has 22 heavy (non-hydrogen) atoms. The predicted octanol–water partition coefficient (Wildman–Crippen LogP) is 4.92. The van der Waals surface area contributed by atoms with Crippen LogP contribution in [0.5, 0.6) is 5.75 Å². The molecule has 0 aliphatic rings. The van der Waals surface area contributed by atoms with Gasteiger partial charge in [-0.1, -0.05) is 38.1 Å². The molecule has 0 aliphatic carbocycles. The Balaban J connectivity index is 2.18. The van der Waals surface area contributed by atoms with E-state index < -0.39 is 0 Å². The number of hydrogen-bond donors (Lipinski definition) is 0. The molecule has 0 aliphatic heterocycles. The van der Waals surface area contributed by atoms with E-state index in [0.29, 0.717) is 23.7 Å². The molecule has 0 amide bonds. The van der Waals surface area contributed by atoms with Gasteiger partial charge in [0, 0.05) is 0 Å². The average molecular weight is 295 g/mol. The summed E-state index contributed by atoms with van der Waals surface area (Å²) in [7, 11) is 0. The number of nitrogens with zero attached hydrogens (tertiary/aromatic N) is 1. The van der Waals surface area contributed by atoms with E-state index in [9.17, 15) is 9.65 Å². The van der Waals surface area contributed by atoms with Crippen molar-refractivity contribution in [3.8, 4) is 11.8 Å². The van der Waals surface area contributed by atoms with Gasteiger partial charge in [0.2, 0.25) is 0 Å².